The van der Waals surface area contributed by atoms with E-state index < -0.39 is 21.4 Å². The number of hydrogen-bond donors (Lipinski definition) is 0. The van der Waals surface area contributed by atoms with Crippen LogP contribution >= 0.6 is 48.0 Å². The summed E-state index contributed by atoms with van der Waals surface area (Å²) in [7, 11) is 0. The summed E-state index contributed by atoms with van der Waals surface area (Å²) in [5.74, 6) is 0.345. The Morgan fingerprint density at radius 2 is 1.23 bits per heavy atom. The quantitative estimate of drug-likeness (QED) is 0.168. The van der Waals surface area contributed by atoms with Crippen molar-refractivity contribution in [1.29, 1.82) is 0 Å². The van der Waals surface area contributed by atoms with Crippen LogP contribution in [0.1, 0.15) is 85.8 Å². The second-order valence-corrected chi connectivity index (χ2v) is 35.1. The van der Waals surface area contributed by atoms with Gasteiger partial charge in [-0.05, 0) is 0 Å². The van der Waals surface area contributed by atoms with Crippen molar-refractivity contribution in [3.8, 4) is 0 Å². The Balaban J connectivity index is 0.00000249. The van der Waals surface area contributed by atoms with Gasteiger partial charge in [-0.3, -0.25) is 0 Å². The van der Waals surface area contributed by atoms with Crippen molar-refractivity contribution in [3.05, 3.63) is 169 Å². The van der Waals surface area contributed by atoms with E-state index in [-0.39, 0.29) is 46.5 Å². The van der Waals surface area contributed by atoms with Crippen molar-refractivity contribution in [2.24, 2.45) is 27.6 Å². The molecule has 0 aromatic heterocycles. The van der Waals surface area contributed by atoms with Gasteiger partial charge in [0.2, 0.25) is 0 Å². The van der Waals surface area contributed by atoms with Crippen molar-refractivity contribution >= 4 is 85.9 Å². The Labute approximate surface area is 381 Å². The molecule has 3 atom stereocenters. The van der Waals surface area contributed by atoms with Crippen LogP contribution in [0.4, 0.5) is 0 Å². The monoisotopic (exact) mass is 948 g/mol. The molecule has 3 unspecified atom stereocenters. The molecule has 0 saturated heterocycles. The summed E-state index contributed by atoms with van der Waals surface area (Å²) >= 11 is 9.26. The van der Waals surface area contributed by atoms with Crippen LogP contribution in [0.15, 0.2) is 147 Å². The third-order valence-corrected chi connectivity index (χ3v) is 38.9. The van der Waals surface area contributed by atoms with Crippen LogP contribution in [0.5, 0.6) is 0 Å². The maximum atomic E-state index is 7.52. The molecular formula is C55H58Cl4Zr. The van der Waals surface area contributed by atoms with E-state index in [1.165, 1.54) is 48.1 Å². The second-order valence-electron chi connectivity index (χ2n) is 20.4. The van der Waals surface area contributed by atoms with Gasteiger partial charge in [0.15, 0.2) is 0 Å². The van der Waals surface area contributed by atoms with E-state index in [2.05, 4.69) is 183 Å². The molecule has 5 aliphatic rings. The van der Waals surface area contributed by atoms with Crippen molar-refractivity contribution in [1.82, 2.24) is 0 Å². The van der Waals surface area contributed by atoms with Crippen LogP contribution in [-0.2, 0) is 24.7 Å². The fourth-order valence-electron chi connectivity index (χ4n) is 14.6. The molecule has 60 heavy (non-hydrogen) atoms. The average Bonchev–Trinajstić information content (AvgIpc) is 3.89. The predicted octanol–water partition coefficient (Wildman–Crippen LogP) is 15.6. The fraction of sp³-hybridized carbons (Fsp3) is 0.327. The van der Waals surface area contributed by atoms with E-state index in [9.17, 15) is 0 Å². The van der Waals surface area contributed by atoms with Gasteiger partial charge in [0.1, 0.15) is 0 Å². The minimum atomic E-state index is -5.77. The number of fused-ring (bicyclic) bond motifs is 8. The van der Waals surface area contributed by atoms with E-state index in [4.69, 9.17) is 27.4 Å². The molecule has 0 aliphatic heterocycles. The number of allylic oxidation sites excluding steroid dienone is 10. The molecule has 310 valence electrons. The van der Waals surface area contributed by atoms with Gasteiger partial charge in [-0.2, -0.15) is 0 Å². The Morgan fingerprint density at radius 3 is 1.82 bits per heavy atom. The molecule has 0 amide bonds. The summed E-state index contributed by atoms with van der Waals surface area (Å²) in [6.45, 7) is 21.2. The summed E-state index contributed by atoms with van der Waals surface area (Å²) in [6.07, 6.45) is 16.2. The van der Waals surface area contributed by atoms with Gasteiger partial charge in [-0.15, -0.1) is 24.8 Å². The van der Waals surface area contributed by atoms with Gasteiger partial charge >= 0.3 is 360 Å². The third kappa shape index (κ3) is 4.89. The van der Waals surface area contributed by atoms with E-state index in [0.717, 1.165) is 35.7 Å². The first-order chi connectivity index (χ1) is 27.5. The zero-order valence-electron chi connectivity index (χ0n) is 36.3. The summed E-state index contributed by atoms with van der Waals surface area (Å²) in [4.78, 5) is 0. The number of halogens is 4. The molecule has 5 heteroatoms. The molecule has 5 aromatic rings. The summed E-state index contributed by atoms with van der Waals surface area (Å²) in [5, 5.41) is 6.40. The van der Waals surface area contributed by atoms with Gasteiger partial charge in [0, 0.05) is 0 Å². The topological polar surface area (TPSA) is 0 Å². The van der Waals surface area contributed by atoms with Crippen LogP contribution in [0, 0.1) is 27.6 Å². The average molecular weight is 952 g/mol. The standard InChI is InChI=1S/C29H37.2C10H6Cl.C5H5.CH2.2ClH.Zr/c1-18-25-22-17-19-13-9-10-14-20(19)24(22)21-15-11-12-16-23(21)29(25,8)28(6,7)27(4,5)26(18,2)3;2*11-10-6-5-8-3-1-2-4-9(8)7-10;1-2-4-5-3-1;;;;/h9-11,13-15,23H,12,16-17H2,1-8H3;2*1-4,6-7H;1-3H,4H2;1H2;2*1H;. The van der Waals surface area contributed by atoms with Crippen molar-refractivity contribution in [2.75, 3.05) is 0 Å². The van der Waals surface area contributed by atoms with Crippen molar-refractivity contribution in [3.63, 3.8) is 0 Å². The van der Waals surface area contributed by atoms with Crippen LogP contribution in [0.25, 0.3) is 27.1 Å². The van der Waals surface area contributed by atoms with Crippen LogP contribution in [-0.4, -0.2) is 4.21 Å². The van der Waals surface area contributed by atoms with Gasteiger partial charge < -0.3 is 0 Å². The van der Waals surface area contributed by atoms with Gasteiger partial charge in [-0.25, -0.2) is 0 Å². The Bertz CT molecular complexity index is 2810. The molecule has 0 nitrogen and oxygen atoms in total. The SMILES string of the molecule is Cl.Cl.[CH2]=[Zr]([C]1=CC=CC1)([c]1cc(Cl)cc2ccccc12)([c]1cc(Cl)cc2ccccc12)[C]1(C)C2=C3Cc4ccccc4C3=C3C=CCCC3C2(C)C(C)(C)C(C)(C)C1(C)C. The molecule has 1 fully saturated rings. The molecular weight excluding hydrogens is 894 g/mol. The predicted molar refractivity (Wildman–Crippen MR) is 264 cm³/mol. The fourth-order valence-corrected chi connectivity index (χ4v) is 37.5. The molecule has 0 spiro atoms. The van der Waals surface area contributed by atoms with Crippen LogP contribution in [0.3, 0.4) is 0 Å². The Kier molecular flexibility index (Phi) is 10.3. The first-order valence-corrected chi connectivity index (χ1v) is 28.9. The van der Waals surface area contributed by atoms with Gasteiger partial charge in [-0.1, -0.05) is 0 Å². The van der Waals surface area contributed by atoms with Crippen molar-refractivity contribution < 1.29 is 18.3 Å². The summed E-state index contributed by atoms with van der Waals surface area (Å²) in [5.41, 5.74) is 8.30. The zero-order valence-corrected chi connectivity index (χ0v) is 41.9. The first-order valence-electron chi connectivity index (χ1n) is 21.5. The number of benzene rings is 5. The number of hydrogen-bond acceptors (Lipinski definition) is 0. The molecule has 1 saturated carbocycles. The van der Waals surface area contributed by atoms with Gasteiger partial charge in [0.05, 0.1) is 0 Å². The Morgan fingerprint density at radius 1 is 0.667 bits per heavy atom. The molecule has 5 aliphatic carbocycles. The third-order valence-electron chi connectivity index (χ3n) is 18.7. The summed E-state index contributed by atoms with van der Waals surface area (Å²) in [6, 6.07) is 36.4. The maximum absolute atomic E-state index is 7.52. The van der Waals surface area contributed by atoms with E-state index in [0.29, 0.717) is 5.92 Å². The normalized spacial score (nSPS) is 25.9. The van der Waals surface area contributed by atoms with E-state index >= 15 is 0 Å². The second kappa shape index (κ2) is 14.1. The molecule has 10 rings (SSSR count). The van der Waals surface area contributed by atoms with Crippen LogP contribution < -0.4 is 6.54 Å². The van der Waals surface area contributed by atoms with Crippen LogP contribution in [0.2, 0.25) is 13.2 Å². The Hall–Kier alpha value is -2.77. The molecule has 5 aromatic carbocycles. The molecule has 0 radical (unpaired) electrons. The molecule has 0 heterocycles. The molecule has 0 bridgehead atoms. The van der Waals surface area contributed by atoms with E-state index in [1.807, 2.05) is 0 Å². The number of rotatable bonds is 4. The first kappa shape index (κ1) is 43.9. The summed E-state index contributed by atoms with van der Waals surface area (Å²) < 4.78 is 10.0. The van der Waals surface area contributed by atoms with Gasteiger partial charge in [0.25, 0.3) is 0 Å². The van der Waals surface area contributed by atoms with Crippen molar-refractivity contribution in [2.45, 2.75) is 84.2 Å². The van der Waals surface area contributed by atoms with E-state index in [1.54, 1.807) is 16.7 Å². The minimum absolute atomic E-state index is 0. The molecule has 0 N–H and O–H groups in total. The zero-order chi connectivity index (χ0) is 40.9.